The van der Waals surface area contributed by atoms with Gasteiger partial charge in [0.25, 0.3) is 0 Å². The van der Waals surface area contributed by atoms with E-state index in [4.69, 9.17) is 10.4 Å². The van der Waals surface area contributed by atoms with E-state index in [2.05, 4.69) is 10.1 Å². The molecule has 1 heterocycles. The van der Waals surface area contributed by atoms with Crippen LogP contribution in [0.3, 0.4) is 0 Å². The lowest BCUT2D eigenvalue weighted by Crippen LogP contribution is -2.18. The number of nitrogens with one attached hydrogen (secondary N) is 2. The lowest BCUT2D eigenvalue weighted by molar-refractivity contribution is 0.464. The zero-order chi connectivity index (χ0) is 11.6. The van der Waals surface area contributed by atoms with Crippen molar-refractivity contribution in [2.24, 2.45) is 5.50 Å². The number of rotatable bonds is 4. The number of H-pyrrole nitrogens is 1. The molecular weight excluding hydrogens is 225 g/mol. The predicted molar refractivity (Wildman–Crippen MR) is 64.0 cm³/mol. The first-order valence-corrected chi connectivity index (χ1v) is 6.70. The lowest BCUT2D eigenvalue weighted by atomic mass is 10.1. The third-order valence-electron chi connectivity index (χ3n) is 2.41. The number of hydrogen-bond acceptors (Lipinski definition) is 1. The van der Waals surface area contributed by atoms with Crippen molar-refractivity contribution >= 4 is 18.6 Å². The van der Waals surface area contributed by atoms with E-state index < -0.39 is 7.67 Å². The molecular formula is C10H14N3O2P. The fraction of sp³-hybridized carbons (Fsp3) is 0.200. The summed E-state index contributed by atoms with van der Waals surface area (Å²) in [5.74, 6) is 0. The number of para-hydroxylation sites is 1. The summed E-state index contributed by atoms with van der Waals surface area (Å²) in [6.07, 6.45) is 2.57. The molecule has 86 valence electrons. The normalized spacial score (nSPS) is 15.1. The van der Waals surface area contributed by atoms with E-state index in [9.17, 15) is 4.57 Å². The molecule has 0 spiro atoms. The SMILES string of the molecule is NP(=O)(O)NCCc1c[nH]c2ccccc12. The Labute approximate surface area is 93.2 Å². The smallest absolute Gasteiger partial charge is 0.335 e. The Hall–Kier alpha value is -1.13. The average molecular weight is 239 g/mol. The van der Waals surface area contributed by atoms with E-state index in [0.717, 1.165) is 16.5 Å². The van der Waals surface area contributed by atoms with Crippen molar-refractivity contribution in [3.8, 4) is 0 Å². The molecule has 1 aromatic carbocycles. The quantitative estimate of drug-likeness (QED) is 0.606. The van der Waals surface area contributed by atoms with Gasteiger partial charge in [-0.3, -0.25) is 4.57 Å². The van der Waals surface area contributed by atoms with Gasteiger partial charge in [-0.15, -0.1) is 0 Å². The fourth-order valence-electron chi connectivity index (χ4n) is 1.69. The lowest BCUT2D eigenvalue weighted by Gasteiger charge is -2.06. The maximum Gasteiger partial charge on any atom is 0.335 e. The van der Waals surface area contributed by atoms with Gasteiger partial charge in [0.05, 0.1) is 0 Å². The molecule has 0 radical (unpaired) electrons. The van der Waals surface area contributed by atoms with Crippen molar-refractivity contribution in [2.45, 2.75) is 6.42 Å². The fourth-order valence-corrected chi connectivity index (χ4v) is 2.12. The van der Waals surface area contributed by atoms with E-state index >= 15 is 0 Å². The Bertz CT molecular complexity index is 532. The Morgan fingerprint density at radius 3 is 2.94 bits per heavy atom. The van der Waals surface area contributed by atoms with E-state index in [1.165, 1.54) is 0 Å². The minimum absolute atomic E-state index is 0.381. The number of fused-ring (bicyclic) bond motifs is 1. The molecule has 16 heavy (non-hydrogen) atoms. The molecule has 1 aromatic heterocycles. The van der Waals surface area contributed by atoms with Gasteiger partial charge in [0.15, 0.2) is 0 Å². The summed E-state index contributed by atoms with van der Waals surface area (Å²) in [6, 6.07) is 7.93. The number of nitrogens with two attached hydrogens (primary N) is 1. The minimum atomic E-state index is -3.60. The third-order valence-corrected chi connectivity index (χ3v) is 3.08. The Kier molecular flexibility index (Phi) is 3.12. The van der Waals surface area contributed by atoms with Gasteiger partial charge in [-0.2, -0.15) is 0 Å². The Morgan fingerprint density at radius 2 is 2.19 bits per heavy atom. The molecule has 5 N–H and O–H groups in total. The molecule has 1 atom stereocenters. The highest BCUT2D eigenvalue weighted by atomic mass is 31.2. The first kappa shape index (κ1) is 11.4. The molecule has 0 aliphatic rings. The topological polar surface area (TPSA) is 91.1 Å². The van der Waals surface area contributed by atoms with Crippen molar-refractivity contribution in [3.05, 3.63) is 36.0 Å². The number of benzene rings is 1. The Morgan fingerprint density at radius 1 is 1.44 bits per heavy atom. The van der Waals surface area contributed by atoms with Gasteiger partial charge < -0.3 is 9.88 Å². The van der Waals surface area contributed by atoms with Crippen LogP contribution in [0.15, 0.2) is 30.5 Å². The Balaban J connectivity index is 2.08. The van der Waals surface area contributed by atoms with Gasteiger partial charge in [-0.1, -0.05) is 18.2 Å². The van der Waals surface area contributed by atoms with Crippen LogP contribution in [0.5, 0.6) is 0 Å². The van der Waals surface area contributed by atoms with Gasteiger partial charge in [-0.05, 0) is 18.1 Å². The first-order valence-electron chi connectivity index (χ1n) is 4.98. The van der Waals surface area contributed by atoms with Gasteiger partial charge in [0, 0.05) is 23.6 Å². The van der Waals surface area contributed by atoms with Crippen LogP contribution < -0.4 is 10.6 Å². The maximum atomic E-state index is 10.8. The second kappa shape index (κ2) is 4.39. The van der Waals surface area contributed by atoms with Crippen LogP contribution in [0.1, 0.15) is 5.56 Å². The van der Waals surface area contributed by atoms with Crippen molar-refractivity contribution in [1.82, 2.24) is 10.1 Å². The molecule has 0 amide bonds. The van der Waals surface area contributed by atoms with E-state index in [-0.39, 0.29) is 0 Å². The van der Waals surface area contributed by atoms with E-state index in [1.807, 2.05) is 30.5 Å². The molecule has 0 aliphatic heterocycles. The minimum Gasteiger partial charge on any atom is -0.361 e. The second-order valence-corrected chi connectivity index (χ2v) is 5.20. The third kappa shape index (κ3) is 2.71. The molecule has 0 bridgehead atoms. The largest absolute Gasteiger partial charge is 0.361 e. The molecule has 0 aliphatic carbocycles. The summed E-state index contributed by atoms with van der Waals surface area (Å²) in [7, 11) is -3.60. The summed E-state index contributed by atoms with van der Waals surface area (Å²) in [5, 5.41) is 3.53. The van der Waals surface area contributed by atoms with E-state index in [1.54, 1.807) is 0 Å². The van der Waals surface area contributed by atoms with Crippen LogP contribution in [0, 0.1) is 0 Å². The molecule has 0 saturated heterocycles. The second-order valence-electron chi connectivity index (χ2n) is 3.64. The zero-order valence-electron chi connectivity index (χ0n) is 8.68. The highest BCUT2D eigenvalue weighted by molar-refractivity contribution is 7.53. The number of hydrogen-bond donors (Lipinski definition) is 4. The van der Waals surface area contributed by atoms with Gasteiger partial charge >= 0.3 is 7.67 Å². The highest BCUT2D eigenvalue weighted by Gasteiger charge is 2.09. The van der Waals surface area contributed by atoms with Crippen molar-refractivity contribution in [1.29, 1.82) is 0 Å². The molecule has 0 saturated carbocycles. The molecule has 2 rings (SSSR count). The monoisotopic (exact) mass is 239 g/mol. The van der Waals surface area contributed by atoms with Crippen LogP contribution in [0.25, 0.3) is 10.9 Å². The summed E-state index contributed by atoms with van der Waals surface area (Å²) in [4.78, 5) is 12.0. The highest BCUT2D eigenvalue weighted by Crippen LogP contribution is 2.23. The summed E-state index contributed by atoms with van der Waals surface area (Å²) >= 11 is 0. The maximum absolute atomic E-state index is 10.8. The van der Waals surface area contributed by atoms with Gasteiger partial charge in [0.2, 0.25) is 0 Å². The molecule has 0 fully saturated rings. The standard InChI is InChI=1S/C10H14N3O2P/c11-16(14,15)13-6-5-8-7-12-10-4-2-1-3-9(8)10/h1-4,7,12H,5-6H2,(H4,11,13,14,15). The first-order chi connectivity index (χ1) is 7.56. The number of aromatic nitrogens is 1. The average Bonchev–Trinajstić information content (AvgIpc) is 2.60. The predicted octanol–water partition coefficient (Wildman–Crippen LogP) is 1.36. The van der Waals surface area contributed by atoms with Crippen LogP contribution >= 0.6 is 7.67 Å². The zero-order valence-corrected chi connectivity index (χ0v) is 9.58. The van der Waals surface area contributed by atoms with Crippen LogP contribution in [-0.2, 0) is 11.0 Å². The molecule has 6 heteroatoms. The van der Waals surface area contributed by atoms with Crippen molar-refractivity contribution in [2.75, 3.05) is 6.54 Å². The van der Waals surface area contributed by atoms with Crippen LogP contribution in [-0.4, -0.2) is 16.4 Å². The number of aromatic amines is 1. The van der Waals surface area contributed by atoms with E-state index in [0.29, 0.717) is 13.0 Å². The van der Waals surface area contributed by atoms with Gasteiger partial charge in [0.1, 0.15) is 0 Å². The van der Waals surface area contributed by atoms with Gasteiger partial charge in [-0.25, -0.2) is 10.6 Å². The molecule has 5 nitrogen and oxygen atoms in total. The van der Waals surface area contributed by atoms with Crippen molar-refractivity contribution < 1.29 is 9.46 Å². The summed E-state index contributed by atoms with van der Waals surface area (Å²) in [5.41, 5.74) is 7.15. The summed E-state index contributed by atoms with van der Waals surface area (Å²) in [6.45, 7) is 0.381. The van der Waals surface area contributed by atoms with Crippen LogP contribution in [0.4, 0.5) is 0 Å². The van der Waals surface area contributed by atoms with Crippen LogP contribution in [0.2, 0.25) is 0 Å². The summed E-state index contributed by atoms with van der Waals surface area (Å²) < 4.78 is 10.8. The molecule has 2 aromatic rings. The molecule has 1 unspecified atom stereocenters. The van der Waals surface area contributed by atoms with Crippen molar-refractivity contribution in [3.63, 3.8) is 0 Å².